The van der Waals surface area contributed by atoms with Crippen LogP contribution >= 0.6 is 0 Å². The van der Waals surface area contributed by atoms with E-state index < -0.39 is 5.60 Å². The number of aryl methyl sites for hydroxylation is 1. The van der Waals surface area contributed by atoms with Crippen molar-refractivity contribution in [2.75, 3.05) is 43.9 Å². The van der Waals surface area contributed by atoms with Gasteiger partial charge in [0.15, 0.2) is 0 Å². The Hall–Kier alpha value is -2.67. The smallest absolute Gasteiger partial charge is 0.253 e. The maximum Gasteiger partial charge on any atom is 0.253 e. The highest BCUT2D eigenvalue weighted by Crippen LogP contribution is 2.27. The van der Waals surface area contributed by atoms with E-state index in [2.05, 4.69) is 15.3 Å². The summed E-state index contributed by atoms with van der Waals surface area (Å²) in [5.41, 5.74) is 0.644. The minimum absolute atomic E-state index is 0.0746. The third-order valence-corrected chi connectivity index (χ3v) is 4.82. The van der Waals surface area contributed by atoms with Gasteiger partial charge in [-0.1, -0.05) is 18.2 Å². The fourth-order valence-corrected chi connectivity index (χ4v) is 3.37. The molecule has 0 saturated carbocycles. The second kappa shape index (κ2) is 7.29. The summed E-state index contributed by atoms with van der Waals surface area (Å²) in [6, 6.07) is 9.36. The number of hydrogen-bond donors (Lipinski definition) is 2. The van der Waals surface area contributed by atoms with Gasteiger partial charge in [0.2, 0.25) is 0 Å². The van der Waals surface area contributed by atoms with Gasteiger partial charge < -0.3 is 20.2 Å². The van der Waals surface area contributed by atoms with E-state index in [9.17, 15) is 9.90 Å². The van der Waals surface area contributed by atoms with E-state index in [4.69, 9.17) is 0 Å². The molecule has 138 valence electrons. The highest BCUT2D eigenvalue weighted by Gasteiger charge is 2.38. The summed E-state index contributed by atoms with van der Waals surface area (Å²) in [5.74, 6) is 1.43. The van der Waals surface area contributed by atoms with Crippen molar-refractivity contribution in [3.05, 3.63) is 47.8 Å². The van der Waals surface area contributed by atoms with Gasteiger partial charge in [0.05, 0.1) is 6.54 Å². The molecule has 1 atom stereocenters. The SMILES string of the molecule is CNc1cc(N2CC[C@](O)(CN(C)C(=O)c3ccccc3C)C2)ncn1. The van der Waals surface area contributed by atoms with Crippen LogP contribution in [-0.4, -0.2) is 65.2 Å². The van der Waals surface area contributed by atoms with Crippen LogP contribution in [0.2, 0.25) is 0 Å². The summed E-state index contributed by atoms with van der Waals surface area (Å²) in [5, 5.41) is 14.0. The van der Waals surface area contributed by atoms with Crippen LogP contribution < -0.4 is 10.2 Å². The van der Waals surface area contributed by atoms with Crippen LogP contribution in [0.15, 0.2) is 36.7 Å². The summed E-state index contributed by atoms with van der Waals surface area (Å²) in [6.07, 6.45) is 2.09. The molecule has 2 heterocycles. The average Bonchev–Trinajstić information content (AvgIpc) is 3.03. The lowest BCUT2D eigenvalue weighted by Gasteiger charge is -2.29. The molecule has 0 bridgehead atoms. The number of aliphatic hydroxyl groups is 1. The first-order valence-electron chi connectivity index (χ1n) is 8.70. The van der Waals surface area contributed by atoms with E-state index in [1.807, 2.05) is 42.2 Å². The Labute approximate surface area is 153 Å². The van der Waals surface area contributed by atoms with Crippen LogP contribution in [0.1, 0.15) is 22.3 Å². The average molecular weight is 355 g/mol. The number of amides is 1. The Balaban J connectivity index is 1.68. The molecule has 1 aromatic heterocycles. The molecule has 1 aliphatic rings. The molecule has 0 unspecified atom stereocenters. The largest absolute Gasteiger partial charge is 0.386 e. The summed E-state index contributed by atoms with van der Waals surface area (Å²) in [6.45, 7) is 3.31. The lowest BCUT2D eigenvalue weighted by atomic mass is 10.0. The topological polar surface area (TPSA) is 81.6 Å². The Morgan fingerprint density at radius 3 is 2.88 bits per heavy atom. The third kappa shape index (κ3) is 3.77. The van der Waals surface area contributed by atoms with Crippen molar-refractivity contribution in [2.45, 2.75) is 18.9 Å². The van der Waals surface area contributed by atoms with Crippen molar-refractivity contribution >= 4 is 17.5 Å². The van der Waals surface area contributed by atoms with Gasteiger partial charge in [0, 0.05) is 38.8 Å². The number of aromatic nitrogens is 2. The Morgan fingerprint density at radius 2 is 2.15 bits per heavy atom. The summed E-state index contributed by atoms with van der Waals surface area (Å²) < 4.78 is 0. The molecule has 7 nitrogen and oxygen atoms in total. The molecule has 0 aliphatic carbocycles. The van der Waals surface area contributed by atoms with Crippen molar-refractivity contribution < 1.29 is 9.90 Å². The Kier molecular flexibility index (Phi) is 5.08. The predicted octanol–water partition coefficient (Wildman–Crippen LogP) is 1.54. The Bertz CT molecular complexity index is 797. The molecule has 2 aromatic rings. The van der Waals surface area contributed by atoms with Crippen molar-refractivity contribution in [1.82, 2.24) is 14.9 Å². The number of carbonyl (C=O) groups is 1. The maximum atomic E-state index is 12.7. The standard InChI is InChI=1S/C19H25N5O2/c1-14-6-4-5-7-15(14)18(25)23(3)11-19(26)8-9-24(12-19)17-10-16(20-2)21-13-22-17/h4-7,10,13,26H,8-9,11-12H2,1-3H3,(H,20,21,22)/t19-/m0/s1. The fraction of sp³-hybridized carbons (Fsp3) is 0.421. The van der Waals surface area contributed by atoms with E-state index in [0.717, 1.165) is 17.2 Å². The lowest BCUT2D eigenvalue weighted by Crippen LogP contribution is -2.46. The van der Waals surface area contributed by atoms with Crippen LogP contribution in [0.25, 0.3) is 0 Å². The lowest BCUT2D eigenvalue weighted by molar-refractivity contribution is 0.0264. The first-order valence-corrected chi connectivity index (χ1v) is 8.70. The van der Waals surface area contributed by atoms with E-state index in [0.29, 0.717) is 25.1 Å². The zero-order chi connectivity index (χ0) is 18.7. The number of benzene rings is 1. The number of likely N-dealkylation sites (N-methyl/N-ethyl adjacent to an activating group) is 1. The summed E-state index contributed by atoms with van der Waals surface area (Å²) >= 11 is 0. The van der Waals surface area contributed by atoms with Gasteiger partial charge in [-0.25, -0.2) is 9.97 Å². The molecule has 2 N–H and O–H groups in total. The first-order chi connectivity index (χ1) is 12.4. The van der Waals surface area contributed by atoms with Gasteiger partial charge in [0.25, 0.3) is 5.91 Å². The van der Waals surface area contributed by atoms with Crippen molar-refractivity contribution in [1.29, 1.82) is 0 Å². The van der Waals surface area contributed by atoms with Crippen LogP contribution in [0, 0.1) is 6.92 Å². The molecule has 1 aromatic carbocycles. The molecule has 1 fully saturated rings. The second-order valence-electron chi connectivity index (χ2n) is 6.88. The van der Waals surface area contributed by atoms with Gasteiger partial charge in [-0.05, 0) is 25.0 Å². The Morgan fingerprint density at radius 1 is 1.38 bits per heavy atom. The van der Waals surface area contributed by atoms with E-state index in [1.165, 1.54) is 6.33 Å². The number of rotatable bonds is 5. The molecule has 1 saturated heterocycles. The molecule has 7 heteroatoms. The number of nitrogens with one attached hydrogen (secondary N) is 1. The second-order valence-corrected chi connectivity index (χ2v) is 6.88. The van der Waals surface area contributed by atoms with Crippen LogP contribution in [0.5, 0.6) is 0 Å². The number of hydrogen-bond acceptors (Lipinski definition) is 6. The third-order valence-electron chi connectivity index (χ3n) is 4.82. The zero-order valence-electron chi connectivity index (χ0n) is 15.4. The minimum Gasteiger partial charge on any atom is -0.386 e. The van der Waals surface area contributed by atoms with Crippen LogP contribution in [0.4, 0.5) is 11.6 Å². The number of nitrogens with zero attached hydrogens (tertiary/aromatic N) is 4. The van der Waals surface area contributed by atoms with Crippen molar-refractivity contribution in [2.24, 2.45) is 0 Å². The van der Waals surface area contributed by atoms with Gasteiger partial charge in [-0.3, -0.25) is 4.79 Å². The normalized spacial score (nSPS) is 19.5. The minimum atomic E-state index is -0.960. The molecular formula is C19H25N5O2. The number of β-amino-alcohol motifs (C(OH)–C–C–N with tert-alkyl or cyclic N) is 1. The first kappa shape index (κ1) is 18.1. The van der Waals surface area contributed by atoms with Crippen molar-refractivity contribution in [3.63, 3.8) is 0 Å². The van der Waals surface area contributed by atoms with Crippen molar-refractivity contribution in [3.8, 4) is 0 Å². The predicted molar refractivity (Wildman–Crippen MR) is 101 cm³/mol. The molecule has 1 amide bonds. The van der Waals surface area contributed by atoms with E-state index >= 15 is 0 Å². The maximum absolute atomic E-state index is 12.7. The molecule has 3 rings (SSSR count). The van der Waals surface area contributed by atoms with Gasteiger partial charge in [-0.2, -0.15) is 0 Å². The van der Waals surface area contributed by atoms with E-state index in [-0.39, 0.29) is 12.5 Å². The molecule has 1 aliphatic heterocycles. The molecule has 26 heavy (non-hydrogen) atoms. The van der Waals surface area contributed by atoms with Gasteiger partial charge in [-0.15, -0.1) is 0 Å². The number of carbonyl (C=O) groups excluding carboxylic acids is 1. The summed E-state index contributed by atoms with van der Waals surface area (Å²) in [4.78, 5) is 24.7. The highest BCUT2D eigenvalue weighted by atomic mass is 16.3. The zero-order valence-corrected chi connectivity index (χ0v) is 15.4. The van der Waals surface area contributed by atoms with Crippen LogP contribution in [-0.2, 0) is 0 Å². The van der Waals surface area contributed by atoms with Crippen LogP contribution in [0.3, 0.4) is 0 Å². The molecular weight excluding hydrogens is 330 g/mol. The highest BCUT2D eigenvalue weighted by molar-refractivity contribution is 5.95. The summed E-state index contributed by atoms with van der Waals surface area (Å²) in [7, 11) is 3.54. The quantitative estimate of drug-likeness (QED) is 0.847. The molecule has 0 spiro atoms. The monoisotopic (exact) mass is 355 g/mol. The fourth-order valence-electron chi connectivity index (χ4n) is 3.37. The van der Waals surface area contributed by atoms with Gasteiger partial charge in [0.1, 0.15) is 23.6 Å². The number of anilines is 2. The van der Waals surface area contributed by atoms with E-state index in [1.54, 1.807) is 19.0 Å². The molecule has 0 radical (unpaired) electrons. The van der Waals surface area contributed by atoms with Gasteiger partial charge >= 0.3 is 0 Å².